The smallest absolute Gasteiger partial charge is 0.303 e. The van der Waals surface area contributed by atoms with Gasteiger partial charge in [-0.05, 0) is 53.1 Å². The third-order valence-electron chi connectivity index (χ3n) is 3.22. The highest BCUT2D eigenvalue weighted by Gasteiger charge is 2.35. The Hall–Kier alpha value is 0.770. The molecule has 1 rings (SSSR count). The van der Waals surface area contributed by atoms with E-state index in [0.29, 0.717) is 17.8 Å². The van der Waals surface area contributed by atoms with Crippen LogP contribution in [0.3, 0.4) is 0 Å². The van der Waals surface area contributed by atoms with Crippen LogP contribution in [0.5, 0.6) is 0 Å². The van der Waals surface area contributed by atoms with Crippen molar-refractivity contribution in [3.63, 3.8) is 0 Å². The van der Waals surface area contributed by atoms with Crippen LogP contribution in [-0.2, 0) is 9.09 Å². The molecule has 1 aliphatic carbocycles. The van der Waals surface area contributed by atoms with Crippen molar-refractivity contribution in [3.8, 4) is 0 Å². The summed E-state index contributed by atoms with van der Waals surface area (Å²) >= 11 is 11.0. The molecule has 0 N–H and O–H groups in total. The van der Waals surface area contributed by atoms with E-state index in [1.54, 1.807) is 0 Å². The van der Waals surface area contributed by atoms with Crippen molar-refractivity contribution in [1.29, 1.82) is 0 Å². The van der Waals surface area contributed by atoms with Crippen molar-refractivity contribution < 1.29 is 9.09 Å². The number of hydrogen-bond donors (Lipinski definition) is 0. The van der Waals surface area contributed by atoms with Gasteiger partial charge in [-0.15, -0.1) is 0 Å². The summed E-state index contributed by atoms with van der Waals surface area (Å²) in [5.41, 5.74) is 0. The van der Waals surface area contributed by atoms with E-state index in [1.807, 2.05) is 0 Å². The molecule has 0 heterocycles. The minimum Gasteiger partial charge on any atom is -0.303 e. The fourth-order valence-electron chi connectivity index (χ4n) is 2.39. The van der Waals surface area contributed by atoms with Crippen molar-refractivity contribution in [3.05, 3.63) is 0 Å². The third-order valence-corrected chi connectivity index (χ3v) is 4.21. The maximum atomic E-state index is 11.3. The number of rotatable bonds is 3. The Balaban J connectivity index is 2.66. The van der Waals surface area contributed by atoms with E-state index in [0.717, 1.165) is 12.8 Å². The fraction of sp³-hybridized carbons (Fsp3) is 1.00. The zero-order chi connectivity index (χ0) is 11.6. The van der Waals surface area contributed by atoms with E-state index in [1.165, 1.54) is 6.42 Å². The summed E-state index contributed by atoms with van der Waals surface area (Å²) in [6, 6.07) is 0. The van der Waals surface area contributed by atoms with E-state index < -0.39 is 6.07 Å². The average Bonchev–Trinajstić information content (AvgIpc) is 1.99. The normalized spacial score (nSPS) is 33.3. The Bertz CT molecular complexity index is 252. The van der Waals surface area contributed by atoms with Crippen molar-refractivity contribution in [2.24, 2.45) is 17.8 Å². The Kier molecular flexibility index (Phi) is 4.98. The minimum atomic E-state index is -3.39. The molecule has 0 radical (unpaired) electrons. The van der Waals surface area contributed by atoms with Crippen LogP contribution in [0.2, 0.25) is 0 Å². The third kappa shape index (κ3) is 4.65. The van der Waals surface area contributed by atoms with Crippen molar-refractivity contribution in [2.75, 3.05) is 0 Å². The summed E-state index contributed by atoms with van der Waals surface area (Å²) in [7, 11) is 0. The summed E-state index contributed by atoms with van der Waals surface area (Å²) in [5, 5.41) is 0. The van der Waals surface area contributed by atoms with E-state index in [9.17, 15) is 4.57 Å². The molecule has 1 saturated carbocycles. The first-order chi connectivity index (χ1) is 6.79. The monoisotopic (exact) mass is 272 g/mol. The molecular weight excluding hydrogens is 254 g/mol. The number of hydrogen-bond acceptors (Lipinski definition) is 2. The van der Waals surface area contributed by atoms with E-state index in [-0.39, 0.29) is 6.10 Å². The Morgan fingerprint density at radius 2 is 1.93 bits per heavy atom. The van der Waals surface area contributed by atoms with Gasteiger partial charge in [0, 0.05) is 0 Å². The lowest BCUT2D eigenvalue weighted by Crippen LogP contribution is -2.33. The second-order valence-corrected chi connectivity index (χ2v) is 9.11. The molecule has 15 heavy (non-hydrogen) atoms. The van der Waals surface area contributed by atoms with Crippen LogP contribution in [-0.4, -0.2) is 6.10 Å². The quantitative estimate of drug-likeness (QED) is 0.672. The molecule has 3 unspecified atom stereocenters. The Morgan fingerprint density at radius 1 is 1.33 bits per heavy atom. The topological polar surface area (TPSA) is 26.3 Å². The zero-order valence-electron chi connectivity index (χ0n) is 9.45. The highest BCUT2D eigenvalue weighted by atomic mass is 35.9. The molecule has 5 heteroatoms. The first-order valence-corrected chi connectivity index (χ1v) is 8.91. The van der Waals surface area contributed by atoms with Gasteiger partial charge in [0.2, 0.25) is 0 Å². The first kappa shape index (κ1) is 13.8. The van der Waals surface area contributed by atoms with Crippen molar-refractivity contribution in [2.45, 2.75) is 46.1 Å². The maximum absolute atomic E-state index is 11.3. The molecule has 0 aromatic heterocycles. The summed E-state index contributed by atoms with van der Waals surface area (Å²) in [6.07, 6.45) is -0.217. The highest BCUT2D eigenvalue weighted by Crippen LogP contribution is 2.60. The van der Waals surface area contributed by atoms with Gasteiger partial charge in [-0.2, -0.15) is 0 Å². The minimum absolute atomic E-state index is 0.0467. The molecule has 90 valence electrons. The molecular formula is C10H19Cl2O2P. The predicted molar refractivity (Wildman–Crippen MR) is 65.5 cm³/mol. The second-order valence-electron chi connectivity index (χ2n) is 4.88. The van der Waals surface area contributed by atoms with E-state index in [4.69, 9.17) is 27.0 Å². The van der Waals surface area contributed by atoms with Crippen LogP contribution in [0, 0.1) is 17.8 Å². The second kappa shape index (κ2) is 5.40. The lowest BCUT2D eigenvalue weighted by molar-refractivity contribution is 0.0533. The maximum Gasteiger partial charge on any atom is 0.380 e. The molecule has 0 aliphatic heterocycles. The predicted octanol–water partition coefficient (Wildman–Crippen LogP) is 5.05. The van der Waals surface area contributed by atoms with Gasteiger partial charge >= 0.3 is 6.07 Å². The van der Waals surface area contributed by atoms with Gasteiger partial charge in [-0.25, -0.2) is 0 Å². The Labute approximate surface area is 102 Å². The van der Waals surface area contributed by atoms with Crippen LogP contribution in [0.1, 0.15) is 40.0 Å². The molecule has 2 nitrogen and oxygen atoms in total. The fourth-order valence-corrected chi connectivity index (χ4v) is 3.57. The van der Waals surface area contributed by atoms with Gasteiger partial charge in [-0.1, -0.05) is 27.2 Å². The molecule has 0 spiro atoms. The molecule has 0 bridgehead atoms. The number of halogens is 2. The standard InChI is InChI=1S/C10H19Cl2O2P/c1-7(2)9-5-4-8(3)6-10(9)14-15(11,12)13/h7-10H,4-6H2,1-3H3. The van der Waals surface area contributed by atoms with Gasteiger partial charge in [-0.3, -0.25) is 4.57 Å². The zero-order valence-corrected chi connectivity index (χ0v) is 11.9. The Morgan fingerprint density at radius 3 is 2.40 bits per heavy atom. The van der Waals surface area contributed by atoms with Crippen molar-refractivity contribution in [1.82, 2.24) is 0 Å². The lowest BCUT2D eigenvalue weighted by Gasteiger charge is -2.36. The summed E-state index contributed by atoms with van der Waals surface area (Å²) in [5.74, 6) is 1.54. The highest BCUT2D eigenvalue weighted by molar-refractivity contribution is 8.05. The molecule has 1 fully saturated rings. The van der Waals surface area contributed by atoms with Crippen LogP contribution in [0.25, 0.3) is 0 Å². The van der Waals surface area contributed by atoms with Crippen LogP contribution < -0.4 is 0 Å². The van der Waals surface area contributed by atoms with Gasteiger partial charge in [0.15, 0.2) is 0 Å². The van der Waals surface area contributed by atoms with Crippen molar-refractivity contribution >= 4 is 28.6 Å². The lowest BCUT2D eigenvalue weighted by atomic mass is 9.75. The van der Waals surface area contributed by atoms with Crippen LogP contribution in [0.4, 0.5) is 0 Å². The molecule has 0 amide bonds. The van der Waals surface area contributed by atoms with Gasteiger partial charge in [0.05, 0.1) is 6.10 Å². The summed E-state index contributed by atoms with van der Waals surface area (Å²) < 4.78 is 16.6. The summed E-state index contributed by atoms with van der Waals surface area (Å²) in [6.45, 7) is 6.50. The van der Waals surface area contributed by atoms with Gasteiger partial charge < -0.3 is 4.52 Å². The SMILES string of the molecule is CC1CCC(C(C)C)C(OP(=O)(Cl)Cl)C1. The molecule has 0 aromatic rings. The van der Waals surface area contributed by atoms with Crippen LogP contribution in [0.15, 0.2) is 0 Å². The van der Waals surface area contributed by atoms with Gasteiger partial charge in [0.1, 0.15) is 0 Å². The van der Waals surface area contributed by atoms with E-state index >= 15 is 0 Å². The molecule has 0 aromatic carbocycles. The molecule has 3 atom stereocenters. The van der Waals surface area contributed by atoms with Gasteiger partial charge in [0.25, 0.3) is 0 Å². The molecule has 0 saturated heterocycles. The summed E-state index contributed by atoms with van der Waals surface area (Å²) in [4.78, 5) is 0. The van der Waals surface area contributed by atoms with Crippen LogP contribution >= 0.6 is 28.6 Å². The first-order valence-electron chi connectivity index (χ1n) is 5.47. The average molecular weight is 273 g/mol. The largest absolute Gasteiger partial charge is 0.380 e. The molecule has 1 aliphatic rings. The van der Waals surface area contributed by atoms with E-state index in [2.05, 4.69) is 20.8 Å².